The molecule has 2 atom stereocenters. The molecule has 0 aliphatic rings. The van der Waals surface area contributed by atoms with Crippen molar-refractivity contribution >= 4 is 33.3 Å². The lowest BCUT2D eigenvalue weighted by Gasteiger charge is -2.42. The highest BCUT2D eigenvalue weighted by molar-refractivity contribution is 7.86. The van der Waals surface area contributed by atoms with Gasteiger partial charge in [0.25, 0.3) is 10.1 Å². The number of carbonyl (C=O) groups excluding carboxylic acids is 3. The molecule has 10 heteroatoms. The number of amides is 1. The number of hydrogen-bond acceptors (Lipinski definition) is 7. The minimum absolute atomic E-state index is 0.0568. The fourth-order valence-corrected chi connectivity index (χ4v) is 5.03. The highest BCUT2D eigenvalue weighted by Gasteiger charge is 2.46. The van der Waals surface area contributed by atoms with Gasteiger partial charge in [0.1, 0.15) is 16.8 Å². The van der Waals surface area contributed by atoms with Crippen LogP contribution in [0.25, 0.3) is 0 Å². The highest BCUT2D eigenvalue weighted by atomic mass is 32.2. The van der Waals surface area contributed by atoms with Crippen molar-refractivity contribution in [3.8, 4) is 0 Å². The van der Waals surface area contributed by atoms with Crippen LogP contribution in [0, 0.1) is 16.7 Å². The molecular weight excluding hydrogens is 534 g/mol. The highest BCUT2D eigenvalue weighted by Crippen LogP contribution is 2.37. The Morgan fingerprint density at radius 2 is 1.48 bits per heavy atom. The molecule has 228 valence electrons. The maximum absolute atomic E-state index is 13.2. The molecular formula is C30H49NO8S. The number of hydrogen-bond donors (Lipinski definition) is 2. The topological polar surface area (TPSA) is 136 Å². The van der Waals surface area contributed by atoms with Crippen LogP contribution >= 0.6 is 0 Å². The van der Waals surface area contributed by atoms with Gasteiger partial charge in [-0.1, -0.05) is 46.8 Å². The van der Waals surface area contributed by atoms with Crippen molar-refractivity contribution in [3.05, 3.63) is 24.3 Å². The van der Waals surface area contributed by atoms with Crippen molar-refractivity contribution in [3.63, 3.8) is 0 Å². The average molecular weight is 584 g/mol. The largest absolute Gasteiger partial charge is 0.375 e. The van der Waals surface area contributed by atoms with E-state index in [1.54, 1.807) is 27.7 Å². The summed E-state index contributed by atoms with van der Waals surface area (Å²) in [6.45, 7) is 20.4. The van der Waals surface area contributed by atoms with Crippen LogP contribution in [0.5, 0.6) is 0 Å². The fraction of sp³-hybridized carbons (Fsp3) is 0.700. The van der Waals surface area contributed by atoms with E-state index in [4.69, 9.17) is 9.47 Å². The first kappa shape index (κ1) is 35.9. The van der Waals surface area contributed by atoms with Gasteiger partial charge in [0.05, 0.1) is 22.3 Å². The van der Waals surface area contributed by atoms with Gasteiger partial charge in [0.2, 0.25) is 5.91 Å². The Morgan fingerprint density at radius 1 is 0.925 bits per heavy atom. The van der Waals surface area contributed by atoms with E-state index in [0.29, 0.717) is 12.8 Å². The molecule has 1 rings (SSSR count). The summed E-state index contributed by atoms with van der Waals surface area (Å²) < 4.78 is 44.9. The van der Waals surface area contributed by atoms with E-state index >= 15 is 0 Å². The summed E-state index contributed by atoms with van der Waals surface area (Å²) in [6, 6.07) is 5.51. The molecule has 9 nitrogen and oxygen atoms in total. The third-order valence-electron chi connectivity index (χ3n) is 7.16. The molecule has 0 radical (unpaired) electrons. The van der Waals surface area contributed by atoms with E-state index < -0.39 is 55.0 Å². The number of ketones is 2. The Balaban J connectivity index is 2.93. The summed E-state index contributed by atoms with van der Waals surface area (Å²) in [7, 11) is -4.54. The number of anilines is 1. The molecule has 0 aliphatic heterocycles. The van der Waals surface area contributed by atoms with E-state index in [2.05, 4.69) is 5.32 Å². The normalized spacial score (nSPS) is 14.9. The number of rotatable bonds is 14. The minimum Gasteiger partial charge on any atom is -0.375 e. The van der Waals surface area contributed by atoms with E-state index in [9.17, 15) is 27.4 Å². The van der Waals surface area contributed by atoms with Gasteiger partial charge in [-0.2, -0.15) is 8.42 Å². The SMILES string of the molecule is CC(OC(C)(C)C)C(=O)C(C)(C)C(C)(C)OCCCC(CC(=O)Nc1ccccc1S(=O)(=O)O)C(=O)C(C)(C)C. The molecule has 2 N–H and O–H groups in total. The molecule has 0 aromatic heterocycles. The Kier molecular flexibility index (Phi) is 11.9. The Hall–Kier alpha value is -2.14. The molecule has 1 amide bonds. The Labute approximate surface area is 240 Å². The number of para-hydroxylation sites is 1. The molecule has 0 saturated heterocycles. The second-order valence-electron chi connectivity index (χ2n) is 13.4. The predicted molar refractivity (Wildman–Crippen MR) is 156 cm³/mol. The first-order chi connectivity index (χ1) is 17.9. The first-order valence-electron chi connectivity index (χ1n) is 13.7. The molecule has 1 aromatic carbocycles. The molecule has 0 saturated carbocycles. The van der Waals surface area contributed by atoms with E-state index in [-0.39, 0.29) is 30.3 Å². The zero-order valence-electron chi connectivity index (χ0n) is 26.0. The summed E-state index contributed by atoms with van der Waals surface area (Å²) in [5.74, 6) is -1.36. The van der Waals surface area contributed by atoms with Gasteiger partial charge in [-0.25, -0.2) is 0 Å². The van der Waals surface area contributed by atoms with Crippen LogP contribution < -0.4 is 5.32 Å². The van der Waals surface area contributed by atoms with E-state index in [0.717, 1.165) is 0 Å². The second-order valence-corrected chi connectivity index (χ2v) is 14.8. The summed E-state index contributed by atoms with van der Waals surface area (Å²) in [5.41, 5.74) is -2.92. The van der Waals surface area contributed by atoms with Gasteiger partial charge in [-0.15, -0.1) is 0 Å². The zero-order chi connectivity index (χ0) is 31.3. The van der Waals surface area contributed by atoms with Crippen LogP contribution in [0.15, 0.2) is 29.2 Å². The van der Waals surface area contributed by atoms with Crippen LogP contribution in [0.3, 0.4) is 0 Å². The summed E-state index contributed by atoms with van der Waals surface area (Å²) >= 11 is 0. The maximum atomic E-state index is 13.2. The molecule has 0 bridgehead atoms. The van der Waals surface area contributed by atoms with Crippen molar-refractivity contribution in [2.75, 3.05) is 11.9 Å². The number of ether oxygens (including phenoxy) is 2. The van der Waals surface area contributed by atoms with Crippen molar-refractivity contribution in [2.45, 2.75) is 118 Å². The Morgan fingerprint density at radius 3 is 1.98 bits per heavy atom. The molecule has 2 unspecified atom stereocenters. The van der Waals surface area contributed by atoms with Gasteiger partial charge >= 0.3 is 0 Å². The minimum atomic E-state index is -4.54. The van der Waals surface area contributed by atoms with Gasteiger partial charge in [-0.3, -0.25) is 18.9 Å². The second kappa shape index (κ2) is 13.2. The number of Topliss-reactive ketones (excluding diaryl/α,β-unsaturated/α-hetero) is 2. The number of nitrogens with one attached hydrogen (secondary N) is 1. The molecule has 0 spiro atoms. The Bertz CT molecular complexity index is 1160. The van der Waals surface area contributed by atoms with E-state index in [1.165, 1.54) is 24.3 Å². The molecule has 40 heavy (non-hydrogen) atoms. The number of benzene rings is 1. The molecule has 0 fully saturated rings. The van der Waals surface area contributed by atoms with Gasteiger partial charge < -0.3 is 14.8 Å². The smallest absolute Gasteiger partial charge is 0.296 e. The lowest BCUT2D eigenvalue weighted by molar-refractivity contribution is -0.166. The van der Waals surface area contributed by atoms with Gasteiger partial charge in [-0.05, 0) is 66.5 Å². The monoisotopic (exact) mass is 583 g/mol. The number of carbonyl (C=O) groups is 3. The summed E-state index contributed by atoms with van der Waals surface area (Å²) in [5, 5.41) is 2.52. The molecule has 0 heterocycles. The molecule has 0 aliphatic carbocycles. The van der Waals surface area contributed by atoms with Crippen LogP contribution in [0.2, 0.25) is 0 Å². The van der Waals surface area contributed by atoms with Crippen molar-refractivity contribution in [2.24, 2.45) is 16.7 Å². The van der Waals surface area contributed by atoms with Crippen LogP contribution in [-0.4, -0.2) is 54.4 Å². The average Bonchev–Trinajstić information content (AvgIpc) is 2.77. The van der Waals surface area contributed by atoms with E-state index in [1.807, 2.05) is 48.5 Å². The predicted octanol–water partition coefficient (Wildman–Crippen LogP) is 5.87. The third kappa shape index (κ3) is 10.4. The lowest BCUT2D eigenvalue weighted by Crippen LogP contribution is -2.51. The third-order valence-corrected chi connectivity index (χ3v) is 8.07. The zero-order valence-corrected chi connectivity index (χ0v) is 26.8. The van der Waals surface area contributed by atoms with Crippen molar-refractivity contribution < 1.29 is 36.8 Å². The van der Waals surface area contributed by atoms with Crippen molar-refractivity contribution in [1.82, 2.24) is 0 Å². The van der Waals surface area contributed by atoms with Gasteiger partial charge in [0, 0.05) is 24.4 Å². The summed E-state index contributed by atoms with van der Waals surface area (Å²) in [6.07, 6.45) is 0.0436. The lowest BCUT2D eigenvalue weighted by atomic mass is 9.72. The first-order valence-corrected chi connectivity index (χ1v) is 15.1. The maximum Gasteiger partial charge on any atom is 0.296 e. The molecule has 1 aromatic rings. The quantitative estimate of drug-likeness (QED) is 0.205. The standard InChI is InChI=1S/C30H49NO8S/c1-20(39-28(5,6)7)25(33)29(8,9)30(10,11)38-18-14-15-21(26(34)27(2,3)4)19-24(32)31-22-16-12-13-17-23(22)40(35,36)37/h12-13,16-17,20-21H,14-15,18-19H2,1-11H3,(H,31,32)(H,35,36,37). The van der Waals surface area contributed by atoms with Crippen molar-refractivity contribution in [1.29, 1.82) is 0 Å². The summed E-state index contributed by atoms with van der Waals surface area (Å²) in [4.78, 5) is 38.9. The van der Waals surface area contributed by atoms with Crippen LogP contribution in [-0.2, 0) is 34.0 Å². The van der Waals surface area contributed by atoms with Crippen LogP contribution in [0.1, 0.15) is 95.4 Å². The fourth-order valence-electron chi connectivity index (χ4n) is 4.38. The van der Waals surface area contributed by atoms with Crippen LogP contribution in [0.4, 0.5) is 5.69 Å². The van der Waals surface area contributed by atoms with Gasteiger partial charge in [0.15, 0.2) is 5.78 Å².